The van der Waals surface area contributed by atoms with Crippen LogP contribution in [0.5, 0.6) is 0 Å². The Labute approximate surface area is 168 Å². The van der Waals surface area contributed by atoms with E-state index in [1.54, 1.807) is 61.5 Å². The molecule has 0 amide bonds. The Kier molecular flexibility index (Phi) is 6.52. The summed E-state index contributed by atoms with van der Waals surface area (Å²) in [6.07, 6.45) is 0. The third kappa shape index (κ3) is 4.25. The summed E-state index contributed by atoms with van der Waals surface area (Å²) in [5, 5.41) is 0. The first kappa shape index (κ1) is 20.4. The number of hydrogen-bond donors (Lipinski definition) is 0. The van der Waals surface area contributed by atoms with Gasteiger partial charge in [0.05, 0.1) is 5.56 Å². The number of esters is 1. The monoisotopic (exact) mass is 392 g/mol. The van der Waals surface area contributed by atoms with Crippen molar-refractivity contribution >= 4 is 11.8 Å². The highest BCUT2D eigenvalue weighted by Gasteiger charge is 2.45. The lowest BCUT2D eigenvalue weighted by molar-refractivity contribution is -0.167. The van der Waals surface area contributed by atoms with Crippen molar-refractivity contribution in [3.05, 3.63) is 107 Å². The van der Waals surface area contributed by atoms with E-state index in [0.717, 1.165) is 0 Å². The molecule has 29 heavy (non-hydrogen) atoms. The molecule has 0 atom stereocenters. The summed E-state index contributed by atoms with van der Waals surface area (Å²) in [7, 11) is 0. The Hall–Kier alpha value is -3.31. The van der Waals surface area contributed by atoms with Gasteiger partial charge in [-0.15, -0.1) is 0 Å². The SMILES string of the molecule is CCOC(C(=O)OCC(=O)c1ccccc1F)(c1ccccc1)c1ccccc1. The van der Waals surface area contributed by atoms with Crippen LogP contribution in [0, 0.1) is 5.82 Å². The maximum Gasteiger partial charge on any atom is 0.348 e. The second-order valence-electron chi connectivity index (χ2n) is 6.33. The maximum atomic E-state index is 13.9. The molecule has 0 saturated carbocycles. The maximum absolute atomic E-state index is 13.9. The van der Waals surface area contributed by atoms with Crippen LogP contribution < -0.4 is 0 Å². The van der Waals surface area contributed by atoms with Crippen LogP contribution in [-0.2, 0) is 19.9 Å². The van der Waals surface area contributed by atoms with Crippen LogP contribution in [0.25, 0.3) is 0 Å². The first-order chi connectivity index (χ1) is 14.1. The quantitative estimate of drug-likeness (QED) is 0.417. The number of ether oxygens (including phenoxy) is 2. The zero-order chi connectivity index (χ0) is 20.7. The number of benzene rings is 3. The van der Waals surface area contributed by atoms with Crippen molar-refractivity contribution < 1.29 is 23.5 Å². The lowest BCUT2D eigenvalue weighted by Gasteiger charge is -2.32. The van der Waals surface area contributed by atoms with Crippen LogP contribution in [0.2, 0.25) is 0 Å². The first-order valence-corrected chi connectivity index (χ1v) is 9.29. The molecular weight excluding hydrogens is 371 g/mol. The molecule has 0 aliphatic rings. The van der Waals surface area contributed by atoms with Gasteiger partial charge in [-0.3, -0.25) is 4.79 Å². The summed E-state index contributed by atoms with van der Waals surface area (Å²) in [4.78, 5) is 25.7. The first-order valence-electron chi connectivity index (χ1n) is 9.29. The Morgan fingerprint density at radius 3 is 1.86 bits per heavy atom. The molecule has 0 N–H and O–H groups in total. The van der Waals surface area contributed by atoms with Gasteiger partial charge in [-0.25, -0.2) is 9.18 Å². The summed E-state index contributed by atoms with van der Waals surface area (Å²) >= 11 is 0. The zero-order valence-electron chi connectivity index (χ0n) is 16.0. The molecule has 0 fully saturated rings. The van der Waals surface area contributed by atoms with E-state index in [0.29, 0.717) is 11.1 Å². The number of ketones is 1. The molecule has 5 heteroatoms. The van der Waals surface area contributed by atoms with E-state index >= 15 is 0 Å². The van der Waals surface area contributed by atoms with Gasteiger partial charge in [0.1, 0.15) is 5.82 Å². The molecule has 0 aromatic heterocycles. The summed E-state index contributed by atoms with van der Waals surface area (Å²) in [5.74, 6) is -2.01. The van der Waals surface area contributed by atoms with Crippen molar-refractivity contribution in [2.24, 2.45) is 0 Å². The number of halogens is 1. The molecule has 0 heterocycles. The molecule has 3 aromatic rings. The van der Waals surface area contributed by atoms with E-state index in [1.165, 1.54) is 18.2 Å². The third-order valence-electron chi connectivity index (χ3n) is 4.52. The highest BCUT2D eigenvalue weighted by molar-refractivity contribution is 5.99. The molecular formula is C24H21FO4. The fourth-order valence-electron chi connectivity index (χ4n) is 3.19. The van der Waals surface area contributed by atoms with Crippen LogP contribution in [0.1, 0.15) is 28.4 Å². The molecule has 0 radical (unpaired) electrons. The molecule has 0 unspecified atom stereocenters. The van der Waals surface area contributed by atoms with Gasteiger partial charge in [-0.2, -0.15) is 0 Å². The van der Waals surface area contributed by atoms with E-state index in [4.69, 9.17) is 9.47 Å². The molecule has 3 rings (SSSR count). The van der Waals surface area contributed by atoms with Crippen molar-refractivity contribution in [3.63, 3.8) is 0 Å². The second-order valence-corrected chi connectivity index (χ2v) is 6.33. The van der Waals surface area contributed by atoms with Gasteiger partial charge in [0.15, 0.2) is 6.61 Å². The number of hydrogen-bond acceptors (Lipinski definition) is 4. The molecule has 4 nitrogen and oxygen atoms in total. The fraction of sp³-hybridized carbons (Fsp3) is 0.167. The highest BCUT2D eigenvalue weighted by atomic mass is 19.1. The Bertz CT molecular complexity index is 931. The zero-order valence-corrected chi connectivity index (χ0v) is 16.0. The van der Waals surface area contributed by atoms with Crippen LogP contribution in [0.15, 0.2) is 84.9 Å². The van der Waals surface area contributed by atoms with Gasteiger partial charge >= 0.3 is 5.97 Å². The molecule has 0 aliphatic carbocycles. The van der Waals surface area contributed by atoms with Crippen LogP contribution in [-0.4, -0.2) is 25.0 Å². The van der Waals surface area contributed by atoms with Gasteiger partial charge in [-0.05, 0) is 30.2 Å². The summed E-state index contributed by atoms with van der Waals surface area (Å²) in [6, 6.07) is 23.5. The Morgan fingerprint density at radius 1 is 0.828 bits per heavy atom. The molecule has 0 aliphatic heterocycles. The van der Waals surface area contributed by atoms with E-state index in [2.05, 4.69) is 0 Å². The van der Waals surface area contributed by atoms with Gasteiger partial charge in [0.25, 0.3) is 0 Å². The van der Waals surface area contributed by atoms with E-state index in [9.17, 15) is 14.0 Å². The standard InChI is InChI=1S/C24H21FO4/c1-2-29-24(18-11-5-3-6-12-18,19-13-7-4-8-14-19)23(27)28-17-22(26)20-15-9-10-16-21(20)25/h3-16H,2,17H2,1H3. The predicted octanol–water partition coefficient (Wildman–Crippen LogP) is 4.53. The van der Waals surface area contributed by atoms with E-state index < -0.39 is 29.8 Å². The number of carbonyl (C=O) groups excluding carboxylic acids is 2. The third-order valence-corrected chi connectivity index (χ3v) is 4.52. The van der Waals surface area contributed by atoms with Crippen molar-refractivity contribution in [1.82, 2.24) is 0 Å². The van der Waals surface area contributed by atoms with E-state index in [-0.39, 0.29) is 12.2 Å². The van der Waals surface area contributed by atoms with E-state index in [1.807, 2.05) is 12.1 Å². The highest BCUT2D eigenvalue weighted by Crippen LogP contribution is 2.35. The van der Waals surface area contributed by atoms with Gasteiger partial charge < -0.3 is 9.47 Å². The lowest BCUT2D eigenvalue weighted by atomic mass is 9.86. The Balaban J connectivity index is 1.95. The summed E-state index contributed by atoms with van der Waals surface area (Å²) in [5.41, 5.74) is -0.498. The number of Topliss-reactive ketones (excluding diaryl/α,β-unsaturated/α-hetero) is 1. The van der Waals surface area contributed by atoms with Gasteiger partial charge in [0, 0.05) is 6.61 Å². The minimum atomic E-state index is -1.53. The van der Waals surface area contributed by atoms with Crippen molar-refractivity contribution in [2.45, 2.75) is 12.5 Å². The minimum Gasteiger partial charge on any atom is -0.455 e. The van der Waals surface area contributed by atoms with Gasteiger partial charge in [0.2, 0.25) is 11.4 Å². The van der Waals surface area contributed by atoms with Crippen LogP contribution >= 0.6 is 0 Å². The molecule has 0 spiro atoms. The second kappa shape index (κ2) is 9.26. The topological polar surface area (TPSA) is 52.6 Å². The molecule has 0 saturated heterocycles. The van der Waals surface area contributed by atoms with Crippen LogP contribution in [0.4, 0.5) is 4.39 Å². The average Bonchev–Trinajstić information content (AvgIpc) is 2.77. The van der Waals surface area contributed by atoms with Crippen molar-refractivity contribution in [2.75, 3.05) is 13.2 Å². The van der Waals surface area contributed by atoms with Gasteiger partial charge in [-0.1, -0.05) is 72.8 Å². The average molecular weight is 392 g/mol. The minimum absolute atomic E-state index is 0.123. The molecule has 3 aromatic carbocycles. The molecule has 148 valence electrons. The molecule has 0 bridgehead atoms. The van der Waals surface area contributed by atoms with Crippen LogP contribution in [0.3, 0.4) is 0 Å². The van der Waals surface area contributed by atoms with Crippen molar-refractivity contribution in [3.8, 4) is 0 Å². The normalized spacial score (nSPS) is 11.1. The summed E-state index contributed by atoms with van der Waals surface area (Å²) < 4.78 is 25.2. The summed E-state index contributed by atoms with van der Waals surface area (Å²) in [6.45, 7) is 1.42. The van der Waals surface area contributed by atoms with Crippen molar-refractivity contribution in [1.29, 1.82) is 0 Å². The predicted molar refractivity (Wildman–Crippen MR) is 107 cm³/mol. The number of carbonyl (C=O) groups is 2. The fourth-order valence-corrected chi connectivity index (χ4v) is 3.19. The lowest BCUT2D eigenvalue weighted by Crippen LogP contribution is -2.42. The Morgan fingerprint density at radius 2 is 1.34 bits per heavy atom. The smallest absolute Gasteiger partial charge is 0.348 e. The number of rotatable bonds is 8. The largest absolute Gasteiger partial charge is 0.455 e.